The van der Waals surface area contributed by atoms with Crippen LogP contribution in [-0.2, 0) is 4.79 Å². The van der Waals surface area contributed by atoms with E-state index in [1.54, 1.807) is 12.1 Å². The van der Waals surface area contributed by atoms with E-state index in [0.29, 0.717) is 12.8 Å². The zero-order valence-corrected chi connectivity index (χ0v) is 12.0. The third-order valence-electron chi connectivity index (χ3n) is 3.48. The van der Waals surface area contributed by atoms with Gasteiger partial charge in [0.15, 0.2) is 0 Å². The highest BCUT2D eigenvalue weighted by molar-refractivity contribution is 8.00. The molecule has 0 aliphatic heterocycles. The van der Waals surface area contributed by atoms with Gasteiger partial charge in [-0.1, -0.05) is 6.42 Å². The van der Waals surface area contributed by atoms with E-state index in [1.807, 2.05) is 0 Å². The zero-order chi connectivity index (χ0) is 15.5. The van der Waals surface area contributed by atoms with Gasteiger partial charge in [-0.25, -0.2) is 0 Å². The number of hydrogen-bond donors (Lipinski definition) is 2. The molecule has 2 rings (SSSR count). The van der Waals surface area contributed by atoms with E-state index in [1.165, 1.54) is 12.1 Å². The van der Waals surface area contributed by atoms with Gasteiger partial charge < -0.3 is 10.4 Å². The van der Waals surface area contributed by atoms with Crippen LogP contribution in [0.5, 0.6) is 0 Å². The SMILES string of the molecule is O=C(O)C1CCCC(Nc2ccc(SC(F)(F)F)cc2)C1. The van der Waals surface area contributed by atoms with Crippen molar-refractivity contribution >= 4 is 23.4 Å². The van der Waals surface area contributed by atoms with Gasteiger partial charge in [-0.15, -0.1) is 0 Å². The maximum absolute atomic E-state index is 12.2. The molecule has 1 aromatic carbocycles. The van der Waals surface area contributed by atoms with Crippen LogP contribution >= 0.6 is 11.8 Å². The fraction of sp³-hybridized carbons (Fsp3) is 0.500. The smallest absolute Gasteiger partial charge is 0.446 e. The van der Waals surface area contributed by atoms with Crippen LogP contribution in [-0.4, -0.2) is 22.6 Å². The second kappa shape index (κ2) is 6.60. The minimum absolute atomic E-state index is 0.0565. The van der Waals surface area contributed by atoms with Crippen molar-refractivity contribution in [3.05, 3.63) is 24.3 Å². The summed E-state index contributed by atoms with van der Waals surface area (Å²) in [6.07, 6.45) is 2.96. The molecule has 3 nitrogen and oxygen atoms in total. The van der Waals surface area contributed by atoms with Gasteiger partial charge in [-0.2, -0.15) is 13.2 Å². The number of carbonyl (C=O) groups is 1. The van der Waals surface area contributed by atoms with E-state index < -0.39 is 11.5 Å². The van der Waals surface area contributed by atoms with Crippen molar-refractivity contribution in [3.8, 4) is 0 Å². The van der Waals surface area contributed by atoms with Gasteiger partial charge in [-0.3, -0.25) is 4.79 Å². The van der Waals surface area contributed by atoms with Crippen LogP contribution in [0.2, 0.25) is 0 Å². The maximum atomic E-state index is 12.2. The topological polar surface area (TPSA) is 49.3 Å². The summed E-state index contributed by atoms with van der Waals surface area (Å²) in [5, 5.41) is 12.2. The predicted molar refractivity (Wildman–Crippen MR) is 75.4 cm³/mol. The molecule has 1 aliphatic carbocycles. The second-order valence-corrected chi connectivity index (χ2v) is 6.25. The normalized spacial score (nSPS) is 22.8. The molecule has 7 heteroatoms. The quantitative estimate of drug-likeness (QED) is 0.810. The molecule has 1 aliphatic rings. The van der Waals surface area contributed by atoms with E-state index in [9.17, 15) is 18.0 Å². The fourth-order valence-corrected chi connectivity index (χ4v) is 3.07. The molecule has 0 amide bonds. The highest BCUT2D eigenvalue weighted by atomic mass is 32.2. The first-order valence-corrected chi connectivity index (χ1v) is 7.50. The molecule has 2 unspecified atom stereocenters. The maximum Gasteiger partial charge on any atom is 0.446 e. The van der Waals surface area contributed by atoms with Gasteiger partial charge in [0.25, 0.3) is 0 Å². The number of nitrogens with one attached hydrogen (secondary N) is 1. The standard InChI is InChI=1S/C14H16F3NO2S/c15-14(16,17)21-12-6-4-10(5-7-12)18-11-3-1-2-9(8-11)13(19)20/h4-7,9,11,18H,1-3,8H2,(H,19,20). The average molecular weight is 319 g/mol. The van der Waals surface area contributed by atoms with Crippen LogP contribution < -0.4 is 5.32 Å². The number of aliphatic carboxylic acids is 1. The van der Waals surface area contributed by atoms with Crippen LogP contribution in [0, 0.1) is 5.92 Å². The number of benzene rings is 1. The monoisotopic (exact) mass is 319 g/mol. The minimum Gasteiger partial charge on any atom is -0.481 e. The Morgan fingerprint density at radius 1 is 1.24 bits per heavy atom. The van der Waals surface area contributed by atoms with Crippen LogP contribution in [0.25, 0.3) is 0 Å². The van der Waals surface area contributed by atoms with Crippen molar-refractivity contribution in [1.29, 1.82) is 0 Å². The van der Waals surface area contributed by atoms with Crippen molar-refractivity contribution in [2.45, 2.75) is 42.1 Å². The van der Waals surface area contributed by atoms with Gasteiger partial charge in [0.2, 0.25) is 0 Å². The molecule has 1 aromatic rings. The van der Waals surface area contributed by atoms with E-state index in [4.69, 9.17) is 5.11 Å². The molecule has 116 valence electrons. The molecular weight excluding hydrogens is 303 g/mol. The fourth-order valence-electron chi connectivity index (χ4n) is 2.53. The molecular formula is C14H16F3NO2S. The zero-order valence-electron chi connectivity index (χ0n) is 11.2. The van der Waals surface area contributed by atoms with Gasteiger partial charge in [-0.05, 0) is 55.3 Å². The molecule has 21 heavy (non-hydrogen) atoms. The Kier molecular flexibility index (Phi) is 5.03. The Balaban J connectivity index is 1.92. The summed E-state index contributed by atoms with van der Waals surface area (Å²) in [6.45, 7) is 0. The molecule has 1 saturated carbocycles. The number of halogens is 3. The van der Waals surface area contributed by atoms with Crippen molar-refractivity contribution in [1.82, 2.24) is 0 Å². The molecule has 0 aromatic heterocycles. The number of alkyl halides is 3. The number of anilines is 1. The number of hydrogen-bond acceptors (Lipinski definition) is 3. The summed E-state index contributed by atoms with van der Waals surface area (Å²) in [7, 11) is 0. The Morgan fingerprint density at radius 3 is 2.48 bits per heavy atom. The third-order valence-corrected chi connectivity index (χ3v) is 4.22. The summed E-state index contributed by atoms with van der Waals surface area (Å²) in [5.41, 5.74) is -3.56. The largest absolute Gasteiger partial charge is 0.481 e. The summed E-state index contributed by atoms with van der Waals surface area (Å²) >= 11 is -0.146. The van der Waals surface area contributed by atoms with Crippen LogP contribution in [0.15, 0.2) is 29.2 Å². The molecule has 0 bridgehead atoms. The van der Waals surface area contributed by atoms with Gasteiger partial charge >= 0.3 is 11.5 Å². The lowest BCUT2D eigenvalue weighted by Crippen LogP contribution is -2.30. The van der Waals surface area contributed by atoms with Gasteiger partial charge in [0, 0.05) is 16.6 Å². The Labute approximate surface area is 124 Å². The first-order valence-electron chi connectivity index (χ1n) is 6.68. The third kappa shape index (κ3) is 5.15. The second-order valence-electron chi connectivity index (χ2n) is 5.12. The van der Waals surface area contributed by atoms with E-state index in [0.717, 1.165) is 18.5 Å². The predicted octanol–water partition coefficient (Wildman–Crippen LogP) is 4.35. The van der Waals surface area contributed by atoms with Crippen molar-refractivity contribution in [2.75, 3.05) is 5.32 Å². The number of carboxylic acid groups (broad SMARTS) is 1. The number of rotatable bonds is 4. The van der Waals surface area contributed by atoms with Crippen LogP contribution in [0.1, 0.15) is 25.7 Å². The first-order chi connectivity index (χ1) is 9.83. The summed E-state index contributed by atoms with van der Waals surface area (Å²) < 4.78 is 36.7. The van der Waals surface area contributed by atoms with Gasteiger partial charge in [0.05, 0.1) is 5.92 Å². The van der Waals surface area contributed by atoms with Crippen molar-refractivity contribution in [2.24, 2.45) is 5.92 Å². The molecule has 1 fully saturated rings. The molecule has 0 radical (unpaired) electrons. The first kappa shape index (κ1) is 16.0. The highest BCUT2D eigenvalue weighted by Gasteiger charge is 2.29. The molecule has 0 saturated heterocycles. The number of carboxylic acids is 1. The molecule has 2 N–H and O–H groups in total. The Morgan fingerprint density at radius 2 is 1.90 bits per heavy atom. The molecule has 2 atom stereocenters. The van der Waals surface area contributed by atoms with Crippen LogP contribution in [0.3, 0.4) is 0 Å². The Bertz CT molecular complexity index is 490. The summed E-state index contributed by atoms with van der Waals surface area (Å²) in [4.78, 5) is 11.1. The van der Waals surface area contributed by atoms with Crippen LogP contribution in [0.4, 0.5) is 18.9 Å². The van der Waals surface area contributed by atoms with Crippen molar-refractivity contribution < 1.29 is 23.1 Å². The lowest BCUT2D eigenvalue weighted by Gasteiger charge is -2.28. The lowest BCUT2D eigenvalue weighted by molar-refractivity contribution is -0.142. The molecule has 0 spiro atoms. The summed E-state index contributed by atoms with van der Waals surface area (Å²) in [5.74, 6) is -1.12. The van der Waals surface area contributed by atoms with E-state index >= 15 is 0 Å². The molecule has 0 heterocycles. The minimum atomic E-state index is -4.28. The average Bonchev–Trinajstić information content (AvgIpc) is 2.40. The van der Waals surface area contributed by atoms with E-state index in [2.05, 4.69) is 5.32 Å². The van der Waals surface area contributed by atoms with Gasteiger partial charge in [0.1, 0.15) is 0 Å². The lowest BCUT2D eigenvalue weighted by atomic mass is 9.85. The van der Waals surface area contributed by atoms with E-state index in [-0.39, 0.29) is 28.6 Å². The summed E-state index contributed by atoms with van der Waals surface area (Å²) in [6, 6.07) is 6.08. The Hall–Kier alpha value is -1.37. The van der Waals surface area contributed by atoms with Crippen molar-refractivity contribution in [3.63, 3.8) is 0 Å². The highest BCUT2D eigenvalue weighted by Crippen LogP contribution is 2.37. The number of thioether (sulfide) groups is 1.